The van der Waals surface area contributed by atoms with Crippen molar-refractivity contribution >= 4 is 9.84 Å². The second-order valence-corrected chi connectivity index (χ2v) is 6.19. The highest BCUT2D eigenvalue weighted by Crippen LogP contribution is 2.11. The van der Waals surface area contributed by atoms with Crippen molar-refractivity contribution in [3.8, 4) is 0 Å². The fraction of sp³-hybridized carbons (Fsp3) is 1.00. The Kier molecular flexibility index (Phi) is 5.56. The molecule has 0 rings (SSSR count). The second kappa shape index (κ2) is 5.60. The Hall–Kier alpha value is -0.0900. The van der Waals surface area contributed by atoms with Crippen LogP contribution in [0.2, 0.25) is 0 Å². The van der Waals surface area contributed by atoms with E-state index < -0.39 is 9.84 Å². The van der Waals surface area contributed by atoms with Crippen molar-refractivity contribution in [2.45, 2.75) is 39.7 Å². The normalized spacial score (nSPS) is 16.9. The molecular weight excluding hydrogens is 188 g/mol. The molecule has 0 aromatic rings. The number of hydrogen-bond acceptors (Lipinski definition) is 3. The topological polar surface area (TPSA) is 54.4 Å². The van der Waals surface area contributed by atoms with Gasteiger partial charge in [-0.3, -0.25) is 0 Å². The fourth-order valence-electron chi connectivity index (χ4n) is 1.23. The van der Waals surface area contributed by atoms with Crippen LogP contribution < -0.4 is 0 Å². The summed E-state index contributed by atoms with van der Waals surface area (Å²) in [5.41, 5.74) is 0. The van der Waals surface area contributed by atoms with Crippen molar-refractivity contribution in [1.29, 1.82) is 0 Å². The molecular formula is C9H20O3S. The Morgan fingerprint density at radius 1 is 1.31 bits per heavy atom. The first-order chi connectivity index (χ1) is 5.87. The molecule has 0 aromatic heterocycles. The number of aliphatic hydroxyl groups is 1. The van der Waals surface area contributed by atoms with E-state index in [1.807, 2.05) is 6.92 Å². The Balaban J connectivity index is 3.77. The molecule has 0 spiro atoms. The van der Waals surface area contributed by atoms with Gasteiger partial charge < -0.3 is 5.11 Å². The van der Waals surface area contributed by atoms with E-state index in [1.165, 1.54) is 0 Å². The third-order valence-corrected chi connectivity index (χ3v) is 3.84. The van der Waals surface area contributed by atoms with E-state index in [2.05, 4.69) is 0 Å². The average Bonchev–Trinajstić information content (AvgIpc) is 2.00. The lowest BCUT2D eigenvalue weighted by Gasteiger charge is -2.12. The van der Waals surface area contributed by atoms with Crippen molar-refractivity contribution < 1.29 is 13.5 Å². The molecule has 0 fully saturated rings. The van der Waals surface area contributed by atoms with E-state index >= 15 is 0 Å². The molecule has 4 heteroatoms. The molecule has 0 saturated carbocycles. The average molecular weight is 208 g/mol. The zero-order chi connectivity index (χ0) is 10.5. The minimum Gasteiger partial charge on any atom is -0.393 e. The molecule has 0 radical (unpaired) electrons. The highest BCUT2D eigenvalue weighted by Gasteiger charge is 2.12. The highest BCUT2D eigenvalue weighted by atomic mass is 32.2. The maximum atomic E-state index is 11.1. The van der Waals surface area contributed by atoms with Crippen LogP contribution in [-0.4, -0.2) is 31.1 Å². The van der Waals surface area contributed by atoms with Crippen molar-refractivity contribution in [3.63, 3.8) is 0 Å². The molecule has 0 aliphatic heterocycles. The first-order valence-corrected chi connectivity index (χ1v) is 6.58. The summed E-state index contributed by atoms with van der Waals surface area (Å²) in [7, 11) is -2.83. The van der Waals surface area contributed by atoms with Gasteiger partial charge in [-0.05, 0) is 25.7 Å². The van der Waals surface area contributed by atoms with Crippen LogP contribution in [0.4, 0.5) is 0 Å². The van der Waals surface area contributed by atoms with Crippen LogP contribution in [0.5, 0.6) is 0 Å². The first kappa shape index (κ1) is 12.9. The van der Waals surface area contributed by atoms with Gasteiger partial charge in [-0.15, -0.1) is 0 Å². The van der Waals surface area contributed by atoms with Gasteiger partial charge in [0.25, 0.3) is 0 Å². The van der Waals surface area contributed by atoms with E-state index in [0.29, 0.717) is 12.8 Å². The van der Waals surface area contributed by atoms with Gasteiger partial charge in [-0.25, -0.2) is 8.42 Å². The minimum atomic E-state index is -2.83. The Bertz CT molecular complexity index is 219. The lowest BCUT2D eigenvalue weighted by molar-refractivity contribution is 0.163. The fourth-order valence-corrected chi connectivity index (χ4v) is 2.28. The minimum absolute atomic E-state index is 0.217. The van der Waals surface area contributed by atoms with Gasteiger partial charge in [0.15, 0.2) is 0 Å². The first-order valence-electron chi connectivity index (χ1n) is 4.76. The van der Waals surface area contributed by atoms with Crippen molar-refractivity contribution in [3.05, 3.63) is 0 Å². The number of sulfone groups is 1. The van der Waals surface area contributed by atoms with Crippen molar-refractivity contribution in [2.75, 3.05) is 11.5 Å². The zero-order valence-electron chi connectivity index (χ0n) is 8.66. The molecule has 0 aromatic carbocycles. The maximum Gasteiger partial charge on any atom is 0.150 e. The summed E-state index contributed by atoms with van der Waals surface area (Å²) in [5, 5.41) is 9.06. The van der Waals surface area contributed by atoms with Gasteiger partial charge in [0.05, 0.1) is 11.9 Å². The Labute approximate surface area is 81.1 Å². The molecule has 0 heterocycles. The highest BCUT2D eigenvalue weighted by molar-refractivity contribution is 7.91. The van der Waals surface area contributed by atoms with E-state index in [1.54, 1.807) is 13.8 Å². The SMILES string of the molecule is CCS(=O)(=O)CCC(C)CC(C)O. The molecule has 2 unspecified atom stereocenters. The summed E-state index contributed by atoms with van der Waals surface area (Å²) < 4.78 is 22.3. The Morgan fingerprint density at radius 3 is 2.23 bits per heavy atom. The lowest BCUT2D eigenvalue weighted by atomic mass is 10.0. The van der Waals surface area contributed by atoms with Gasteiger partial charge in [0.2, 0.25) is 0 Å². The smallest absolute Gasteiger partial charge is 0.150 e. The molecule has 0 amide bonds. The monoisotopic (exact) mass is 208 g/mol. The van der Waals surface area contributed by atoms with E-state index in [9.17, 15) is 8.42 Å². The molecule has 0 bridgehead atoms. The molecule has 80 valence electrons. The van der Waals surface area contributed by atoms with Gasteiger partial charge in [0, 0.05) is 5.75 Å². The predicted molar refractivity (Wildman–Crippen MR) is 54.4 cm³/mol. The van der Waals surface area contributed by atoms with Crippen LogP contribution in [0.1, 0.15) is 33.6 Å². The summed E-state index contributed by atoms with van der Waals surface area (Å²) in [5.74, 6) is 0.743. The molecule has 0 saturated heterocycles. The zero-order valence-corrected chi connectivity index (χ0v) is 9.47. The van der Waals surface area contributed by atoms with Gasteiger partial charge in [0.1, 0.15) is 9.84 Å². The predicted octanol–water partition coefficient (Wildman–Crippen LogP) is 1.22. The van der Waals surface area contributed by atoms with Gasteiger partial charge >= 0.3 is 0 Å². The van der Waals surface area contributed by atoms with Crippen LogP contribution in [-0.2, 0) is 9.84 Å². The second-order valence-electron chi connectivity index (χ2n) is 3.71. The van der Waals surface area contributed by atoms with Crippen LogP contribution >= 0.6 is 0 Å². The third-order valence-electron chi connectivity index (χ3n) is 2.10. The number of hydrogen-bond donors (Lipinski definition) is 1. The number of rotatable bonds is 6. The summed E-state index contributed by atoms with van der Waals surface area (Å²) in [6.45, 7) is 5.36. The summed E-state index contributed by atoms with van der Waals surface area (Å²) >= 11 is 0. The molecule has 3 nitrogen and oxygen atoms in total. The molecule has 13 heavy (non-hydrogen) atoms. The van der Waals surface area contributed by atoms with E-state index in [-0.39, 0.29) is 23.5 Å². The quantitative estimate of drug-likeness (QED) is 0.714. The van der Waals surface area contributed by atoms with Crippen LogP contribution in [0, 0.1) is 5.92 Å². The lowest BCUT2D eigenvalue weighted by Crippen LogP contribution is -2.14. The van der Waals surface area contributed by atoms with Crippen LogP contribution in [0.15, 0.2) is 0 Å². The molecule has 0 aliphatic carbocycles. The Morgan fingerprint density at radius 2 is 1.85 bits per heavy atom. The van der Waals surface area contributed by atoms with Gasteiger partial charge in [-0.2, -0.15) is 0 Å². The number of aliphatic hydroxyl groups excluding tert-OH is 1. The summed E-state index contributed by atoms with van der Waals surface area (Å²) in [6.07, 6.45) is 1.000. The van der Waals surface area contributed by atoms with Gasteiger partial charge in [-0.1, -0.05) is 13.8 Å². The van der Waals surface area contributed by atoms with Crippen LogP contribution in [0.25, 0.3) is 0 Å². The van der Waals surface area contributed by atoms with E-state index in [4.69, 9.17) is 5.11 Å². The standard InChI is InChI=1S/C9H20O3S/c1-4-13(11,12)6-5-8(2)7-9(3)10/h8-10H,4-7H2,1-3H3. The summed E-state index contributed by atoms with van der Waals surface area (Å²) in [6, 6.07) is 0. The van der Waals surface area contributed by atoms with Crippen molar-refractivity contribution in [1.82, 2.24) is 0 Å². The third kappa shape index (κ3) is 7.02. The van der Waals surface area contributed by atoms with Crippen molar-refractivity contribution in [2.24, 2.45) is 5.92 Å². The maximum absolute atomic E-state index is 11.1. The van der Waals surface area contributed by atoms with E-state index in [0.717, 1.165) is 0 Å². The molecule has 1 N–H and O–H groups in total. The summed E-state index contributed by atoms with van der Waals surface area (Å²) in [4.78, 5) is 0. The van der Waals surface area contributed by atoms with Crippen LogP contribution in [0.3, 0.4) is 0 Å². The largest absolute Gasteiger partial charge is 0.393 e. The molecule has 2 atom stereocenters. The molecule has 0 aliphatic rings.